The highest BCUT2D eigenvalue weighted by Crippen LogP contribution is 2.39. The van der Waals surface area contributed by atoms with Gasteiger partial charge >= 0.3 is 6.18 Å². The molecule has 0 unspecified atom stereocenters. The van der Waals surface area contributed by atoms with E-state index in [9.17, 15) is 13.2 Å². The van der Waals surface area contributed by atoms with E-state index >= 15 is 0 Å². The molecule has 1 fully saturated rings. The van der Waals surface area contributed by atoms with Crippen LogP contribution in [0.2, 0.25) is 0 Å². The number of nitrogens with zero attached hydrogens (tertiary/aromatic N) is 3. The van der Waals surface area contributed by atoms with Crippen LogP contribution >= 0.6 is 0 Å². The molecule has 0 amide bonds. The van der Waals surface area contributed by atoms with Gasteiger partial charge in [-0.1, -0.05) is 0 Å². The predicted molar refractivity (Wildman–Crippen MR) is 38.0 cm³/mol. The van der Waals surface area contributed by atoms with E-state index in [0.29, 0.717) is 5.82 Å². The molecule has 0 saturated heterocycles. The fourth-order valence-corrected chi connectivity index (χ4v) is 1.21. The van der Waals surface area contributed by atoms with Gasteiger partial charge in [0.05, 0.1) is 0 Å². The maximum atomic E-state index is 12.1. The quantitative estimate of drug-likeness (QED) is 0.676. The maximum absolute atomic E-state index is 12.1. The molecule has 1 heterocycles. The molecule has 1 saturated carbocycles. The summed E-state index contributed by atoms with van der Waals surface area (Å²) in [6, 6.07) is 0. The van der Waals surface area contributed by atoms with Crippen molar-refractivity contribution < 1.29 is 13.2 Å². The van der Waals surface area contributed by atoms with E-state index in [1.165, 1.54) is 11.7 Å². The van der Waals surface area contributed by atoms with Gasteiger partial charge in [-0.3, -0.25) is 4.68 Å². The smallest absolute Gasteiger partial charge is 0.252 e. The average molecular weight is 191 g/mol. The standard InChI is InChI=1S/C7H8F3N3/c1-13-5(4-2-3-4)11-6(12-13)7(8,9)10/h4H,2-3H2,1H3. The summed E-state index contributed by atoms with van der Waals surface area (Å²) in [7, 11) is 1.50. The number of aromatic nitrogens is 3. The number of hydrogen-bond acceptors (Lipinski definition) is 2. The van der Waals surface area contributed by atoms with Gasteiger partial charge in [-0.25, -0.2) is 4.98 Å². The van der Waals surface area contributed by atoms with E-state index in [2.05, 4.69) is 10.1 Å². The van der Waals surface area contributed by atoms with Crippen molar-refractivity contribution in [2.45, 2.75) is 24.9 Å². The Balaban J connectivity index is 2.34. The lowest BCUT2D eigenvalue weighted by molar-refractivity contribution is -0.145. The number of rotatable bonds is 1. The largest absolute Gasteiger partial charge is 0.453 e. The van der Waals surface area contributed by atoms with Crippen LogP contribution in [-0.2, 0) is 13.2 Å². The molecule has 13 heavy (non-hydrogen) atoms. The molecule has 1 aromatic rings. The minimum absolute atomic E-state index is 0.189. The lowest BCUT2D eigenvalue weighted by Crippen LogP contribution is -2.08. The summed E-state index contributed by atoms with van der Waals surface area (Å²) >= 11 is 0. The zero-order valence-corrected chi connectivity index (χ0v) is 6.97. The van der Waals surface area contributed by atoms with Crippen molar-refractivity contribution in [3.63, 3.8) is 0 Å². The maximum Gasteiger partial charge on any atom is 0.453 e. The van der Waals surface area contributed by atoms with Crippen LogP contribution in [0.15, 0.2) is 0 Å². The second-order valence-electron chi connectivity index (χ2n) is 3.19. The van der Waals surface area contributed by atoms with Crippen LogP contribution in [0.1, 0.15) is 30.4 Å². The zero-order valence-electron chi connectivity index (χ0n) is 6.97. The summed E-state index contributed by atoms with van der Waals surface area (Å²) in [4.78, 5) is 3.47. The highest BCUT2D eigenvalue weighted by atomic mass is 19.4. The third-order valence-corrected chi connectivity index (χ3v) is 1.99. The van der Waals surface area contributed by atoms with E-state index < -0.39 is 12.0 Å². The first-order valence-corrected chi connectivity index (χ1v) is 3.96. The summed E-state index contributed by atoms with van der Waals surface area (Å²) in [5.74, 6) is -0.391. The van der Waals surface area contributed by atoms with Gasteiger partial charge in [-0.15, -0.1) is 5.10 Å². The molecule has 2 rings (SSSR count). The first-order chi connectivity index (χ1) is 5.98. The minimum atomic E-state index is -4.43. The van der Waals surface area contributed by atoms with Gasteiger partial charge in [0.2, 0.25) is 0 Å². The van der Waals surface area contributed by atoms with Gasteiger partial charge in [0.1, 0.15) is 5.82 Å². The van der Waals surface area contributed by atoms with Gasteiger partial charge < -0.3 is 0 Å². The summed E-state index contributed by atoms with van der Waals surface area (Å²) in [6.45, 7) is 0. The number of halogens is 3. The summed E-state index contributed by atoms with van der Waals surface area (Å²) in [5.41, 5.74) is 0. The Hall–Kier alpha value is -1.07. The summed E-state index contributed by atoms with van der Waals surface area (Å²) < 4.78 is 37.6. The second-order valence-corrected chi connectivity index (χ2v) is 3.19. The van der Waals surface area contributed by atoms with Crippen LogP contribution in [0.3, 0.4) is 0 Å². The summed E-state index contributed by atoms with van der Waals surface area (Å²) in [6.07, 6.45) is -2.58. The van der Waals surface area contributed by atoms with Gasteiger partial charge in [-0.05, 0) is 12.8 Å². The Morgan fingerprint density at radius 1 is 1.38 bits per heavy atom. The average Bonchev–Trinajstić information content (AvgIpc) is 2.73. The van der Waals surface area contributed by atoms with Crippen molar-refractivity contribution in [3.8, 4) is 0 Å². The molecule has 1 aliphatic rings. The monoisotopic (exact) mass is 191 g/mol. The Kier molecular flexibility index (Phi) is 1.61. The third kappa shape index (κ3) is 1.52. The molecule has 0 aromatic carbocycles. The lowest BCUT2D eigenvalue weighted by Gasteiger charge is -1.97. The van der Waals surface area contributed by atoms with E-state index in [1.807, 2.05) is 0 Å². The van der Waals surface area contributed by atoms with E-state index in [0.717, 1.165) is 12.8 Å². The Labute approximate surface area is 72.6 Å². The molecule has 0 N–H and O–H groups in total. The molecule has 1 aliphatic carbocycles. The van der Waals surface area contributed by atoms with Crippen LogP contribution in [0.25, 0.3) is 0 Å². The lowest BCUT2D eigenvalue weighted by atomic mass is 10.4. The fourth-order valence-electron chi connectivity index (χ4n) is 1.21. The molecule has 72 valence electrons. The highest BCUT2D eigenvalue weighted by Gasteiger charge is 2.39. The molecule has 6 heteroatoms. The second kappa shape index (κ2) is 2.46. The van der Waals surface area contributed by atoms with Crippen LogP contribution in [-0.4, -0.2) is 14.8 Å². The minimum Gasteiger partial charge on any atom is -0.252 e. The summed E-state index contributed by atoms with van der Waals surface area (Å²) in [5, 5.41) is 3.32. The number of aryl methyl sites for hydroxylation is 1. The van der Waals surface area contributed by atoms with Gasteiger partial charge in [0, 0.05) is 13.0 Å². The van der Waals surface area contributed by atoms with Crippen LogP contribution in [0, 0.1) is 0 Å². The van der Waals surface area contributed by atoms with Gasteiger partial charge in [-0.2, -0.15) is 13.2 Å². The van der Waals surface area contributed by atoms with Crippen molar-refractivity contribution in [3.05, 3.63) is 11.6 Å². The molecule has 0 spiro atoms. The third-order valence-electron chi connectivity index (χ3n) is 1.99. The molecular formula is C7H8F3N3. The van der Waals surface area contributed by atoms with Crippen molar-refractivity contribution in [1.82, 2.24) is 14.8 Å². The van der Waals surface area contributed by atoms with Gasteiger partial charge in [0.15, 0.2) is 0 Å². The van der Waals surface area contributed by atoms with Gasteiger partial charge in [0.25, 0.3) is 5.82 Å². The molecular weight excluding hydrogens is 183 g/mol. The Morgan fingerprint density at radius 2 is 2.00 bits per heavy atom. The van der Waals surface area contributed by atoms with Crippen LogP contribution in [0.5, 0.6) is 0 Å². The topological polar surface area (TPSA) is 30.7 Å². The van der Waals surface area contributed by atoms with Crippen LogP contribution in [0.4, 0.5) is 13.2 Å². The van der Waals surface area contributed by atoms with E-state index in [-0.39, 0.29) is 5.92 Å². The zero-order chi connectivity index (χ0) is 9.64. The molecule has 0 aliphatic heterocycles. The number of alkyl halides is 3. The Bertz CT molecular complexity index is 324. The number of hydrogen-bond donors (Lipinski definition) is 0. The molecule has 1 aromatic heterocycles. The molecule has 3 nitrogen and oxygen atoms in total. The SMILES string of the molecule is Cn1nc(C(F)(F)F)nc1C1CC1. The molecule has 0 radical (unpaired) electrons. The van der Waals surface area contributed by atoms with Crippen molar-refractivity contribution in [2.24, 2.45) is 7.05 Å². The van der Waals surface area contributed by atoms with Crippen molar-refractivity contribution >= 4 is 0 Å². The molecule has 0 bridgehead atoms. The Morgan fingerprint density at radius 3 is 2.38 bits per heavy atom. The van der Waals surface area contributed by atoms with E-state index in [4.69, 9.17) is 0 Å². The van der Waals surface area contributed by atoms with Crippen LogP contribution < -0.4 is 0 Å². The predicted octanol–water partition coefficient (Wildman–Crippen LogP) is 1.71. The first kappa shape index (κ1) is 8.52. The van der Waals surface area contributed by atoms with Crippen molar-refractivity contribution in [2.75, 3.05) is 0 Å². The normalized spacial score (nSPS) is 17.8. The fraction of sp³-hybridized carbons (Fsp3) is 0.714. The first-order valence-electron chi connectivity index (χ1n) is 3.96. The molecule has 0 atom stereocenters. The van der Waals surface area contributed by atoms with Crippen molar-refractivity contribution in [1.29, 1.82) is 0 Å². The van der Waals surface area contributed by atoms with E-state index in [1.54, 1.807) is 0 Å². The highest BCUT2D eigenvalue weighted by molar-refractivity contribution is 5.07.